The van der Waals surface area contributed by atoms with Crippen LogP contribution in [-0.2, 0) is 22.2 Å². The van der Waals surface area contributed by atoms with E-state index in [4.69, 9.17) is 21.1 Å². The van der Waals surface area contributed by atoms with Gasteiger partial charge in [-0.2, -0.15) is 13.2 Å². The molecule has 174 valence electrons. The number of morpholine rings is 1. The lowest BCUT2D eigenvalue weighted by molar-refractivity contribution is -0.137. The van der Waals surface area contributed by atoms with Gasteiger partial charge >= 0.3 is 6.18 Å². The van der Waals surface area contributed by atoms with E-state index in [1.165, 1.54) is 24.1 Å². The third kappa shape index (κ3) is 6.68. The van der Waals surface area contributed by atoms with E-state index in [1.807, 2.05) is 24.3 Å². The molecule has 3 rings (SSSR count). The average Bonchev–Trinajstić information content (AvgIpc) is 2.77. The molecule has 1 aliphatic heterocycles. The summed E-state index contributed by atoms with van der Waals surface area (Å²) in [5, 5.41) is 0.692. The lowest BCUT2D eigenvalue weighted by Gasteiger charge is -2.36. The summed E-state index contributed by atoms with van der Waals surface area (Å²) in [7, 11) is 1.51. The van der Waals surface area contributed by atoms with Crippen LogP contribution < -0.4 is 0 Å². The van der Waals surface area contributed by atoms with Crippen molar-refractivity contribution in [3.63, 3.8) is 0 Å². The number of methoxy groups -OCH3 is 1. The number of rotatable bonds is 8. The van der Waals surface area contributed by atoms with Crippen LogP contribution in [-0.4, -0.2) is 68.3 Å². The predicted octanol–water partition coefficient (Wildman–Crippen LogP) is 4.35. The Bertz CT molecular complexity index is 910. The summed E-state index contributed by atoms with van der Waals surface area (Å²) in [6.07, 6.45) is -4.79. The number of carbonyl (C=O) groups is 1. The van der Waals surface area contributed by atoms with E-state index in [1.54, 1.807) is 0 Å². The first-order chi connectivity index (χ1) is 15.3. The van der Waals surface area contributed by atoms with Crippen LogP contribution in [0.15, 0.2) is 48.5 Å². The zero-order valence-electron chi connectivity index (χ0n) is 17.8. The van der Waals surface area contributed by atoms with Gasteiger partial charge in [0.25, 0.3) is 5.91 Å². The van der Waals surface area contributed by atoms with E-state index in [0.29, 0.717) is 24.7 Å². The molecule has 1 saturated heterocycles. The molecule has 0 unspecified atom stereocenters. The summed E-state index contributed by atoms with van der Waals surface area (Å²) in [5.74, 6) is -0.486. The van der Waals surface area contributed by atoms with Crippen molar-refractivity contribution in [1.82, 2.24) is 9.80 Å². The Balaban J connectivity index is 1.69. The number of alkyl halides is 3. The number of amides is 1. The number of hydrogen-bond acceptors (Lipinski definition) is 4. The van der Waals surface area contributed by atoms with Gasteiger partial charge < -0.3 is 14.4 Å². The lowest BCUT2D eigenvalue weighted by Crippen LogP contribution is -2.49. The highest BCUT2D eigenvalue weighted by atomic mass is 35.5. The molecule has 0 spiro atoms. The zero-order valence-corrected chi connectivity index (χ0v) is 18.5. The molecular formula is C23H26ClF3N2O3. The molecule has 0 aliphatic carbocycles. The van der Waals surface area contributed by atoms with Gasteiger partial charge in [-0.25, -0.2) is 0 Å². The van der Waals surface area contributed by atoms with Gasteiger partial charge in [0.1, 0.15) is 0 Å². The molecule has 2 aromatic rings. The van der Waals surface area contributed by atoms with Crippen LogP contribution in [0.2, 0.25) is 5.02 Å². The minimum absolute atomic E-state index is 0.0142. The Morgan fingerprint density at radius 2 is 2.03 bits per heavy atom. The van der Waals surface area contributed by atoms with Gasteiger partial charge in [-0.05, 0) is 29.8 Å². The van der Waals surface area contributed by atoms with E-state index in [-0.39, 0.29) is 31.4 Å². The molecule has 1 atom stereocenters. The van der Waals surface area contributed by atoms with Crippen molar-refractivity contribution in [2.24, 2.45) is 0 Å². The summed E-state index contributed by atoms with van der Waals surface area (Å²) < 4.78 is 50.2. The molecule has 1 heterocycles. The highest BCUT2D eigenvalue weighted by Gasteiger charge is 2.32. The second-order valence-corrected chi connectivity index (χ2v) is 8.05. The third-order valence-corrected chi connectivity index (χ3v) is 5.66. The number of nitrogens with zero attached hydrogens (tertiary/aromatic N) is 2. The van der Waals surface area contributed by atoms with Crippen molar-refractivity contribution in [3.8, 4) is 0 Å². The average molecular weight is 471 g/mol. The van der Waals surface area contributed by atoms with Crippen LogP contribution in [0.25, 0.3) is 0 Å². The van der Waals surface area contributed by atoms with Gasteiger partial charge in [0.2, 0.25) is 0 Å². The Morgan fingerprint density at radius 3 is 2.75 bits per heavy atom. The van der Waals surface area contributed by atoms with Crippen molar-refractivity contribution < 1.29 is 27.4 Å². The van der Waals surface area contributed by atoms with Crippen LogP contribution in [0.5, 0.6) is 0 Å². The molecule has 0 radical (unpaired) electrons. The second kappa shape index (κ2) is 11.1. The summed E-state index contributed by atoms with van der Waals surface area (Å²) in [6, 6.07) is 12.1. The number of ether oxygens (including phenoxy) is 2. The standard InChI is InChI=1S/C23H26ClF3N2O3/c1-31-11-10-29(22(30)17-6-4-7-19(13-17)23(25,26)27)16-20-15-28(9-12-32-20)14-18-5-2-3-8-21(18)24/h2-8,13,20H,9-12,14-16H2,1H3/t20-/m0/s1. The highest BCUT2D eigenvalue weighted by Crippen LogP contribution is 2.30. The van der Waals surface area contributed by atoms with Crippen molar-refractivity contribution in [2.45, 2.75) is 18.8 Å². The van der Waals surface area contributed by atoms with E-state index >= 15 is 0 Å². The first-order valence-electron chi connectivity index (χ1n) is 10.3. The molecule has 32 heavy (non-hydrogen) atoms. The van der Waals surface area contributed by atoms with Crippen LogP contribution in [0.3, 0.4) is 0 Å². The molecule has 2 aromatic carbocycles. The van der Waals surface area contributed by atoms with Crippen molar-refractivity contribution in [3.05, 3.63) is 70.2 Å². The zero-order chi connectivity index (χ0) is 23.1. The van der Waals surface area contributed by atoms with Gasteiger partial charge in [0.05, 0.1) is 24.9 Å². The second-order valence-electron chi connectivity index (χ2n) is 7.64. The Labute approximate surface area is 190 Å². The monoisotopic (exact) mass is 470 g/mol. The van der Waals surface area contributed by atoms with Gasteiger partial charge in [-0.3, -0.25) is 9.69 Å². The van der Waals surface area contributed by atoms with Crippen molar-refractivity contribution in [1.29, 1.82) is 0 Å². The maximum absolute atomic E-state index is 13.1. The van der Waals surface area contributed by atoms with E-state index in [0.717, 1.165) is 24.2 Å². The van der Waals surface area contributed by atoms with Crippen LogP contribution >= 0.6 is 11.6 Å². The minimum atomic E-state index is -4.51. The normalized spacial score (nSPS) is 17.3. The molecule has 0 saturated carbocycles. The first-order valence-corrected chi connectivity index (χ1v) is 10.7. The van der Waals surface area contributed by atoms with E-state index in [9.17, 15) is 18.0 Å². The topological polar surface area (TPSA) is 42.0 Å². The summed E-state index contributed by atoms with van der Waals surface area (Å²) in [6.45, 7) is 3.20. The number of halogens is 4. The van der Waals surface area contributed by atoms with Gasteiger partial charge in [0.15, 0.2) is 0 Å². The van der Waals surface area contributed by atoms with E-state index in [2.05, 4.69) is 4.90 Å². The van der Waals surface area contributed by atoms with Crippen LogP contribution in [0.1, 0.15) is 21.5 Å². The van der Waals surface area contributed by atoms with Crippen molar-refractivity contribution >= 4 is 17.5 Å². The fraction of sp³-hybridized carbons (Fsp3) is 0.435. The quantitative estimate of drug-likeness (QED) is 0.575. The summed E-state index contributed by atoms with van der Waals surface area (Å²) >= 11 is 6.27. The smallest absolute Gasteiger partial charge is 0.383 e. The van der Waals surface area contributed by atoms with Gasteiger partial charge in [-0.1, -0.05) is 35.9 Å². The Morgan fingerprint density at radius 1 is 1.25 bits per heavy atom. The van der Waals surface area contributed by atoms with Crippen LogP contribution in [0.4, 0.5) is 13.2 Å². The molecule has 1 fully saturated rings. The maximum atomic E-state index is 13.1. The molecule has 0 N–H and O–H groups in total. The predicted molar refractivity (Wildman–Crippen MR) is 116 cm³/mol. The SMILES string of the molecule is COCCN(C[C@@H]1CN(Cc2ccccc2Cl)CCO1)C(=O)c1cccc(C(F)(F)F)c1. The largest absolute Gasteiger partial charge is 0.416 e. The molecule has 0 bridgehead atoms. The number of benzene rings is 2. The molecular weight excluding hydrogens is 445 g/mol. The molecule has 9 heteroatoms. The van der Waals surface area contributed by atoms with Gasteiger partial charge in [0, 0.05) is 50.4 Å². The summed E-state index contributed by atoms with van der Waals surface area (Å²) in [4.78, 5) is 16.7. The van der Waals surface area contributed by atoms with Gasteiger partial charge in [-0.15, -0.1) is 0 Å². The minimum Gasteiger partial charge on any atom is -0.383 e. The third-order valence-electron chi connectivity index (χ3n) is 5.29. The Kier molecular flexibility index (Phi) is 8.53. The fourth-order valence-corrected chi connectivity index (χ4v) is 3.83. The first kappa shape index (κ1) is 24.5. The molecule has 5 nitrogen and oxygen atoms in total. The molecule has 1 amide bonds. The Hall–Kier alpha value is -2.13. The van der Waals surface area contributed by atoms with E-state index < -0.39 is 17.6 Å². The highest BCUT2D eigenvalue weighted by molar-refractivity contribution is 6.31. The number of carbonyl (C=O) groups excluding carboxylic acids is 1. The summed E-state index contributed by atoms with van der Waals surface area (Å²) in [5.41, 5.74) is 0.139. The lowest BCUT2D eigenvalue weighted by atomic mass is 10.1. The fourth-order valence-electron chi connectivity index (χ4n) is 3.64. The number of hydrogen-bond donors (Lipinski definition) is 0. The van der Waals surface area contributed by atoms with Crippen LogP contribution in [0, 0.1) is 0 Å². The molecule has 1 aliphatic rings. The molecule has 0 aromatic heterocycles. The van der Waals surface area contributed by atoms with Crippen molar-refractivity contribution in [2.75, 3.05) is 46.5 Å². The maximum Gasteiger partial charge on any atom is 0.416 e.